The van der Waals surface area contributed by atoms with Crippen molar-refractivity contribution in [3.63, 3.8) is 0 Å². The second-order valence-corrected chi connectivity index (χ2v) is 2.54. The number of hydrogen-bond acceptors (Lipinski definition) is 2. The van der Waals surface area contributed by atoms with Gasteiger partial charge in [0.15, 0.2) is 0 Å². The van der Waals surface area contributed by atoms with Crippen molar-refractivity contribution in [3.05, 3.63) is 54.5 Å². The van der Waals surface area contributed by atoms with Crippen molar-refractivity contribution in [2.24, 2.45) is 12.0 Å². The summed E-state index contributed by atoms with van der Waals surface area (Å²) in [6, 6.07) is 5.57. The molecule has 0 bridgehead atoms. The lowest BCUT2D eigenvalue weighted by molar-refractivity contribution is 0.401. The molecule has 0 aliphatic carbocycles. The SMILES string of the molecule is C=C/C=C(/O)N=c1ccccn1C. The highest BCUT2D eigenvalue weighted by molar-refractivity contribution is 5.03. The minimum Gasteiger partial charge on any atom is -0.493 e. The highest BCUT2D eigenvalue weighted by atomic mass is 16.3. The highest BCUT2D eigenvalue weighted by Gasteiger charge is 1.86. The van der Waals surface area contributed by atoms with Crippen molar-refractivity contribution in [2.75, 3.05) is 0 Å². The molecule has 1 heterocycles. The van der Waals surface area contributed by atoms with Crippen LogP contribution < -0.4 is 5.49 Å². The zero-order valence-corrected chi connectivity index (χ0v) is 7.51. The monoisotopic (exact) mass is 176 g/mol. The molecule has 0 fully saturated rings. The van der Waals surface area contributed by atoms with Crippen LogP contribution >= 0.6 is 0 Å². The summed E-state index contributed by atoms with van der Waals surface area (Å²) >= 11 is 0. The molecule has 0 amide bonds. The number of aliphatic hydroxyl groups is 1. The highest BCUT2D eigenvalue weighted by Crippen LogP contribution is 1.88. The minimum absolute atomic E-state index is 0.0446. The molecular weight excluding hydrogens is 164 g/mol. The summed E-state index contributed by atoms with van der Waals surface area (Å²) in [5.74, 6) is -0.0446. The summed E-state index contributed by atoms with van der Waals surface area (Å²) in [7, 11) is 1.86. The molecule has 0 aliphatic rings. The standard InChI is InChI=1S/C10H12N2O/c1-3-6-10(13)11-9-7-4-5-8-12(9)2/h3-8,13H,1H2,2H3/b10-6+,11-9?. The lowest BCUT2D eigenvalue weighted by Gasteiger charge is -1.97. The Labute approximate surface area is 77.0 Å². The summed E-state index contributed by atoms with van der Waals surface area (Å²) in [4.78, 5) is 3.96. The maximum atomic E-state index is 9.24. The lowest BCUT2D eigenvalue weighted by atomic mass is 10.5. The zero-order valence-electron chi connectivity index (χ0n) is 7.51. The maximum absolute atomic E-state index is 9.24. The molecule has 3 nitrogen and oxygen atoms in total. The van der Waals surface area contributed by atoms with Gasteiger partial charge in [-0.25, -0.2) is 0 Å². The molecule has 13 heavy (non-hydrogen) atoms. The topological polar surface area (TPSA) is 37.5 Å². The first-order valence-electron chi connectivity index (χ1n) is 3.92. The number of aromatic nitrogens is 1. The first kappa shape index (κ1) is 9.32. The van der Waals surface area contributed by atoms with Gasteiger partial charge in [-0.1, -0.05) is 18.7 Å². The van der Waals surface area contributed by atoms with Gasteiger partial charge >= 0.3 is 0 Å². The van der Waals surface area contributed by atoms with E-state index >= 15 is 0 Å². The molecule has 0 spiro atoms. The fourth-order valence-electron chi connectivity index (χ4n) is 0.891. The van der Waals surface area contributed by atoms with E-state index in [0.717, 1.165) is 0 Å². The molecule has 0 unspecified atom stereocenters. The van der Waals surface area contributed by atoms with Crippen LogP contribution in [-0.4, -0.2) is 9.67 Å². The van der Waals surface area contributed by atoms with E-state index in [0.29, 0.717) is 5.49 Å². The van der Waals surface area contributed by atoms with E-state index in [2.05, 4.69) is 11.6 Å². The Kier molecular flexibility index (Phi) is 3.09. The van der Waals surface area contributed by atoms with Crippen molar-refractivity contribution < 1.29 is 5.11 Å². The van der Waals surface area contributed by atoms with Crippen LogP contribution in [-0.2, 0) is 7.05 Å². The van der Waals surface area contributed by atoms with Gasteiger partial charge in [-0.3, -0.25) is 0 Å². The molecule has 0 atom stereocenters. The number of aliphatic hydroxyl groups excluding tert-OH is 1. The first-order chi connectivity index (χ1) is 6.24. The van der Waals surface area contributed by atoms with Crippen LogP contribution in [0.2, 0.25) is 0 Å². The summed E-state index contributed by atoms with van der Waals surface area (Å²) in [6.45, 7) is 3.46. The Morgan fingerprint density at radius 3 is 3.00 bits per heavy atom. The molecule has 0 aliphatic heterocycles. The van der Waals surface area contributed by atoms with Crippen LogP contribution in [0.3, 0.4) is 0 Å². The van der Waals surface area contributed by atoms with Crippen LogP contribution in [0.15, 0.2) is 54.0 Å². The molecule has 0 aromatic carbocycles. The maximum Gasteiger partial charge on any atom is 0.212 e. The third-order valence-electron chi connectivity index (χ3n) is 1.52. The molecule has 0 radical (unpaired) electrons. The van der Waals surface area contributed by atoms with E-state index in [9.17, 15) is 5.11 Å². The van der Waals surface area contributed by atoms with Gasteiger partial charge in [0.25, 0.3) is 0 Å². The Balaban J connectivity index is 3.14. The molecule has 0 saturated carbocycles. The fourth-order valence-corrected chi connectivity index (χ4v) is 0.891. The average Bonchev–Trinajstić information content (AvgIpc) is 2.09. The number of pyridine rings is 1. The van der Waals surface area contributed by atoms with E-state index in [4.69, 9.17) is 0 Å². The van der Waals surface area contributed by atoms with Crippen molar-refractivity contribution in [1.29, 1.82) is 0 Å². The molecule has 1 rings (SSSR count). The third kappa shape index (κ3) is 2.63. The van der Waals surface area contributed by atoms with E-state index in [1.807, 2.05) is 36.0 Å². The van der Waals surface area contributed by atoms with Crippen LogP contribution in [0.1, 0.15) is 0 Å². The van der Waals surface area contributed by atoms with Gasteiger partial charge in [-0.05, 0) is 18.2 Å². The van der Waals surface area contributed by atoms with Crippen LogP contribution in [0.5, 0.6) is 0 Å². The van der Waals surface area contributed by atoms with Crippen molar-refractivity contribution >= 4 is 0 Å². The smallest absolute Gasteiger partial charge is 0.212 e. The molecule has 0 saturated heterocycles. The quantitative estimate of drug-likeness (QED) is 0.538. The molecule has 1 N–H and O–H groups in total. The van der Waals surface area contributed by atoms with Crippen molar-refractivity contribution in [3.8, 4) is 0 Å². The Morgan fingerprint density at radius 1 is 1.62 bits per heavy atom. The van der Waals surface area contributed by atoms with Crippen LogP contribution in [0.4, 0.5) is 0 Å². The van der Waals surface area contributed by atoms with Gasteiger partial charge in [0.05, 0.1) is 0 Å². The largest absolute Gasteiger partial charge is 0.493 e. The van der Waals surface area contributed by atoms with Gasteiger partial charge in [0, 0.05) is 13.2 Å². The Hall–Kier alpha value is -1.77. The molecule has 1 aromatic rings. The number of aryl methyl sites for hydroxylation is 1. The van der Waals surface area contributed by atoms with Crippen molar-refractivity contribution in [2.45, 2.75) is 0 Å². The summed E-state index contributed by atoms with van der Waals surface area (Å²) in [5, 5.41) is 9.24. The Bertz CT molecular complexity index is 388. The minimum atomic E-state index is -0.0446. The average molecular weight is 176 g/mol. The van der Waals surface area contributed by atoms with Gasteiger partial charge in [-0.15, -0.1) is 0 Å². The van der Waals surface area contributed by atoms with Crippen molar-refractivity contribution in [1.82, 2.24) is 4.57 Å². The lowest BCUT2D eigenvalue weighted by Crippen LogP contribution is -2.15. The van der Waals surface area contributed by atoms with Gasteiger partial charge in [0.1, 0.15) is 5.49 Å². The first-order valence-corrected chi connectivity index (χ1v) is 3.92. The summed E-state index contributed by atoms with van der Waals surface area (Å²) in [6.07, 6.45) is 4.79. The van der Waals surface area contributed by atoms with Crippen LogP contribution in [0.25, 0.3) is 0 Å². The molecule has 68 valence electrons. The second-order valence-electron chi connectivity index (χ2n) is 2.54. The van der Waals surface area contributed by atoms with Gasteiger partial charge < -0.3 is 9.67 Å². The summed E-state index contributed by atoms with van der Waals surface area (Å²) in [5.41, 5.74) is 0.693. The van der Waals surface area contributed by atoms with Crippen LogP contribution in [0, 0.1) is 0 Å². The second kappa shape index (κ2) is 4.30. The third-order valence-corrected chi connectivity index (χ3v) is 1.52. The number of nitrogens with zero attached hydrogens (tertiary/aromatic N) is 2. The van der Waals surface area contributed by atoms with E-state index in [1.54, 1.807) is 0 Å². The Morgan fingerprint density at radius 2 is 2.38 bits per heavy atom. The zero-order chi connectivity index (χ0) is 9.68. The number of hydrogen-bond donors (Lipinski definition) is 1. The fraction of sp³-hybridized carbons (Fsp3) is 0.100. The van der Waals surface area contributed by atoms with E-state index in [-0.39, 0.29) is 5.88 Å². The number of rotatable bonds is 2. The predicted octanol–water partition coefficient (Wildman–Crippen LogP) is 1.51. The molecule has 3 heteroatoms. The molecular formula is C10H12N2O. The predicted molar refractivity (Wildman–Crippen MR) is 51.9 cm³/mol. The van der Waals surface area contributed by atoms with Gasteiger partial charge in [0.2, 0.25) is 5.88 Å². The van der Waals surface area contributed by atoms with E-state index < -0.39 is 0 Å². The number of allylic oxidation sites excluding steroid dienone is 2. The summed E-state index contributed by atoms with van der Waals surface area (Å²) < 4.78 is 1.81. The van der Waals surface area contributed by atoms with Gasteiger partial charge in [-0.2, -0.15) is 4.99 Å². The molecule has 1 aromatic heterocycles. The normalized spacial score (nSPS) is 13.0. The van der Waals surface area contributed by atoms with E-state index in [1.165, 1.54) is 12.2 Å².